The highest BCUT2D eigenvalue weighted by atomic mass is 16.4. The Morgan fingerprint density at radius 2 is 1.90 bits per heavy atom. The molecule has 1 N–H and O–H groups in total. The van der Waals surface area contributed by atoms with E-state index in [1.165, 1.54) is 0 Å². The fourth-order valence-electron chi connectivity index (χ4n) is 4.37. The van der Waals surface area contributed by atoms with E-state index in [0.717, 1.165) is 32.4 Å². The first-order chi connectivity index (χ1) is 9.99. The predicted molar refractivity (Wildman–Crippen MR) is 78.6 cm³/mol. The van der Waals surface area contributed by atoms with Gasteiger partial charge >= 0.3 is 5.97 Å². The summed E-state index contributed by atoms with van der Waals surface area (Å²) in [5, 5.41) is 9.48. The normalized spacial score (nSPS) is 38.7. The summed E-state index contributed by atoms with van der Waals surface area (Å²) in [7, 11) is 3.92. The second-order valence-corrected chi connectivity index (χ2v) is 6.85. The number of carbonyl (C=O) groups is 2. The number of carbonyl (C=O) groups excluding carboxylic acids is 1. The Kier molecular flexibility index (Phi) is 3.78. The molecule has 1 saturated heterocycles. The monoisotopic (exact) mass is 292 g/mol. The van der Waals surface area contributed by atoms with Gasteiger partial charge in [0.1, 0.15) is 0 Å². The Morgan fingerprint density at radius 3 is 2.52 bits per heavy atom. The third-order valence-corrected chi connectivity index (χ3v) is 5.52. The quantitative estimate of drug-likeness (QED) is 0.790. The summed E-state index contributed by atoms with van der Waals surface area (Å²) < 4.78 is 0. The van der Waals surface area contributed by atoms with Crippen molar-refractivity contribution in [1.29, 1.82) is 0 Å². The molecule has 0 aromatic rings. The van der Waals surface area contributed by atoms with E-state index in [4.69, 9.17) is 0 Å². The molecule has 21 heavy (non-hydrogen) atoms. The minimum absolute atomic E-state index is 0.0274. The number of aliphatic carboxylic acids is 1. The molecular weight excluding hydrogens is 268 g/mol. The summed E-state index contributed by atoms with van der Waals surface area (Å²) in [4.78, 5) is 28.5. The number of nitrogens with zero attached hydrogens (tertiary/aromatic N) is 2. The number of hydrogen-bond acceptors (Lipinski definition) is 3. The van der Waals surface area contributed by atoms with Crippen LogP contribution in [-0.2, 0) is 9.59 Å². The molecule has 2 bridgehead atoms. The van der Waals surface area contributed by atoms with E-state index < -0.39 is 11.9 Å². The number of piperidine rings is 1. The van der Waals surface area contributed by atoms with Crippen molar-refractivity contribution in [3.8, 4) is 0 Å². The molecule has 0 aromatic carbocycles. The SMILES string of the molecule is CN1CCCC(N(C)C(=O)C2C3C=CC(C3)C2C(=O)O)C1. The lowest BCUT2D eigenvalue weighted by molar-refractivity contribution is -0.151. The lowest BCUT2D eigenvalue weighted by Gasteiger charge is -2.38. The third-order valence-electron chi connectivity index (χ3n) is 5.52. The van der Waals surface area contributed by atoms with Gasteiger partial charge in [0.2, 0.25) is 5.91 Å². The van der Waals surface area contributed by atoms with Crippen molar-refractivity contribution in [3.63, 3.8) is 0 Å². The molecule has 0 aromatic heterocycles. The molecule has 1 aliphatic heterocycles. The maximum atomic E-state index is 12.9. The number of carboxylic acids is 1. The van der Waals surface area contributed by atoms with Gasteiger partial charge in [-0.15, -0.1) is 0 Å². The first-order valence-corrected chi connectivity index (χ1v) is 7.85. The molecule has 2 fully saturated rings. The van der Waals surface area contributed by atoms with E-state index in [1.54, 1.807) is 0 Å². The molecule has 1 saturated carbocycles. The van der Waals surface area contributed by atoms with Crippen molar-refractivity contribution < 1.29 is 14.7 Å². The third kappa shape index (κ3) is 2.48. The molecule has 5 atom stereocenters. The summed E-state index contributed by atoms with van der Waals surface area (Å²) in [6, 6.07) is 0.216. The Morgan fingerprint density at radius 1 is 1.24 bits per heavy atom. The van der Waals surface area contributed by atoms with E-state index in [9.17, 15) is 14.7 Å². The minimum atomic E-state index is -0.820. The number of likely N-dealkylation sites (N-methyl/N-ethyl adjacent to an activating group) is 2. The van der Waals surface area contributed by atoms with Gasteiger partial charge < -0.3 is 14.9 Å². The lowest BCUT2D eigenvalue weighted by Crippen LogP contribution is -2.51. The maximum absolute atomic E-state index is 12.9. The van der Waals surface area contributed by atoms with E-state index in [2.05, 4.69) is 11.9 Å². The Hall–Kier alpha value is -1.36. The standard InChI is InChI=1S/C16H24N2O3/c1-17-7-3-4-12(9-17)18(2)15(19)13-10-5-6-11(8-10)14(13)16(20)21/h5-6,10-14H,3-4,7-9H2,1-2H3,(H,20,21). The van der Waals surface area contributed by atoms with Gasteiger partial charge in [0.15, 0.2) is 0 Å². The van der Waals surface area contributed by atoms with Gasteiger partial charge in [-0.2, -0.15) is 0 Å². The lowest BCUT2D eigenvalue weighted by atomic mass is 9.81. The summed E-state index contributed by atoms with van der Waals surface area (Å²) in [6.07, 6.45) is 6.97. The van der Waals surface area contributed by atoms with E-state index in [1.807, 2.05) is 24.1 Å². The summed E-state index contributed by atoms with van der Waals surface area (Å²) in [5.74, 6) is -1.53. The molecule has 3 aliphatic rings. The van der Waals surface area contributed by atoms with Gasteiger partial charge in [-0.3, -0.25) is 9.59 Å². The van der Waals surface area contributed by atoms with E-state index in [-0.39, 0.29) is 29.7 Å². The van der Waals surface area contributed by atoms with Gasteiger partial charge in [-0.05, 0) is 44.7 Å². The van der Waals surface area contributed by atoms with Crippen LogP contribution in [0.5, 0.6) is 0 Å². The number of hydrogen-bond donors (Lipinski definition) is 1. The first kappa shape index (κ1) is 14.6. The zero-order valence-electron chi connectivity index (χ0n) is 12.7. The molecule has 0 spiro atoms. The molecule has 5 nitrogen and oxygen atoms in total. The maximum Gasteiger partial charge on any atom is 0.307 e. The van der Waals surface area contributed by atoms with Crippen molar-refractivity contribution >= 4 is 11.9 Å². The Balaban J connectivity index is 1.74. The number of fused-ring (bicyclic) bond motifs is 2. The van der Waals surface area contributed by atoms with Crippen molar-refractivity contribution in [2.45, 2.75) is 25.3 Å². The minimum Gasteiger partial charge on any atom is -0.481 e. The van der Waals surface area contributed by atoms with Crippen LogP contribution < -0.4 is 0 Å². The Bertz CT molecular complexity index is 476. The molecule has 116 valence electrons. The predicted octanol–water partition coefficient (Wildman–Crippen LogP) is 1.06. The molecule has 5 unspecified atom stereocenters. The van der Waals surface area contributed by atoms with Crippen LogP contribution in [-0.4, -0.2) is 60.0 Å². The van der Waals surface area contributed by atoms with Crippen LogP contribution in [0, 0.1) is 23.7 Å². The van der Waals surface area contributed by atoms with Gasteiger partial charge in [-0.25, -0.2) is 0 Å². The van der Waals surface area contributed by atoms with Gasteiger partial charge in [-0.1, -0.05) is 12.2 Å². The van der Waals surface area contributed by atoms with E-state index >= 15 is 0 Å². The number of likely N-dealkylation sites (tertiary alicyclic amines) is 1. The van der Waals surface area contributed by atoms with Crippen LogP contribution in [0.1, 0.15) is 19.3 Å². The largest absolute Gasteiger partial charge is 0.481 e. The van der Waals surface area contributed by atoms with Crippen LogP contribution >= 0.6 is 0 Å². The summed E-state index contributed by atoms with van der Waals surface area (Å²) in [6.45, 7) is 1.96. The van der Waals surface area contributed by atoms with Gasteiger partial charge in [0.25, 0.3) is 0 Å². The molecular formula is C16H24N2O3. The highest BCUT2D eigenvalue weighted by molar-refractivity contribution is 5.87. The first-order valence-electron chi connectivity index (χ1n) is 7.85. The van der Waals surface area contributed by atoms with Crippen LogP contribution in [0.2, 0.25) is 0 Å². The molecule has 0 radical (unpaired) electrons. The average Bonchev–Trinajstić information content (AvgIpc) is 3.06. The van der Waals surface area contributed by atoms with Gasteiger partial charge in [0.05, 0.1) is 11.8 Å². The smallest absolute Gasteiger partial charge is 0.307 e. The highest BCUT2D eigenvalue weighted by Crippen LogP contribution is 2.48. The summed E-state index contributed by atoms with van der Waals surface area (Å²) >= 11 is 0. The van der Waals surface area contributed by atoms with Crippen LogP contribution in [0.25, 0.3) is 0 Å². The van der Waals surface area contributed by atoms with Crippen molar-refractivity contribution in [1.82, 2.24) is 9.80 Å². The number of amides is 1. The number of allylic oxidation sites excluding steroid dienone is 2. The van der Waals surface area contributed by atoms with Gasteiger partial charge in [0, 0.05) is 19.6 Å². The van der Waals surface area contributed by atoms with Crippen LogP contribution in [0.3, 0.4) is 0 Å². The zero-order chi connectivity index (χ0) is 15.1. The summed E-state index contributed by atoms with van der Waals surface area (Å²) in [5.41, 5.74) is 0. The Labute approximate surface area is 125 Å². The number of carboxylic acid groups (broad SMARTS) is 1. The fourth-order valence-corrected chi connectivity index (χ4v) is 4.37. The second-order valence-electron chi connectivity index (χ2n) is 6.85. The molecule has 1 amide bonds. The molecule has 1 heterocycles. The van der Waals surface area contributed by atoms with Crippen LogP contribution in [0.15, 0.2) is 12.2 Å². The van der Waals surface area contributed by atoms with Crippen molar-refractivity contribution in [3.05, 3.63) is 12.2 Å². The second kappa shape index (κ2) is 5.44. The van der Waals surface area contributed by atoms with Crippen molar-refractivity contribution in [2.24, 2.45) is 23.7 Å². The zero-order valence-corrected chi connectivity index (χ0v) is 12.7. The molecule has 5 heteroatoms. The van der Waals surface area contributed by atoms with E-state index in [0.29, 0.717) is 0 Å². The number of rotatable bonds is 3. The van der Waals surface area contributed by atoms with Crippen LogP contribution in [0.4, 0.5) is 0 Å². The average molecular weight is 292 g/mol. The molecule has 3 rings (SSSR count). The highest BCUT2D eigenvalue weighted by Gasteiger charge is 2.52. The fraction of sp³-hybridized carbons (Fsp3) is 0.750. The van der Waals surface area contributed by atoms with Crippen molar-refractivity contribution in [2.75, 3.05) is 27.2 Å². The molecule has 2 aliphatic carbocycles. The topological polar surface area (TPSA) is 60.9 Å².